The van der Waals surface area contributed by atoms with Gasteiger partial charge in [-0.2, -0.15) is 4.89 Å². The van der Waals surface area contributed by atoms with Crippen LogP contribution in [0.3, 0.4) is 0 Å². The smallest absolute Gasteiger partial charge is 0.346 e. The van der Waals surface area contributed by atoms with Crippen molar-refractivity contribution in [3.05, 3.63) is 71.0 Å². The van der Waals surface area contributed by atoms with Crippen molar-refractivity contribution in [1.29, 1.82) is 0 Å². The van der Waals surface area contributed by atoms with E-state index in [-0.39, 0.29) is 25.4 Å². The van der Waals surface area contributed by atoms with Crippen LogP contribution in [0, 0.1) is 13.8 Å². The third kappa shape index (κ3) is 5.43. The Hall–Kier alpha value is -3.58. The highest BCUT2D eigenvalue weighted by Gasteiger charge is 2.15. The van der Waals surface area contributed by atoms with Crippen LogP contribution >= 0.6 is 0 Å². The number of carbonyl (C=O) groups excluding carboxylic acids is 2. The summed E-state index contributed by atoms with van der Waals surface area (Å²) in [4.78, 5) is 40.9. The van der Waals surface area contributed by atoms with Crippen LogP contribution in [-0.4, -0.2) is 35.1 Å². The van der Waals surface area contributed by atoms with E-state index in [2.05, 4.69) is 9.97 Å². The molecule has 2 N–H and O–H groups in total. The molecule has 0 saturated carbocycles. The van der Waals surface area contributed by atoms with E-state index in [1.54, 1.807) is 0 Å². The van der Waals surface area contributed by atoms with Gasteiger partial charge in [-0.25, -0.2) is 4.79 Å². The van der Waals surface area contributed by atoms with Gasteiger partial charge in [0.15, 0.2) is 0 Å². The zero-order valence-electron chi connectivity index (χ0n) is 18.9. The molecule has 0 atom stereocenters. The Bertz CT molecular complexity index is 1170. The van der Waals surface area contributed by atoms with E-state index in [9.17, 15) is 9.59 Å². The normalized spacial score (nSPS) is 11.2. The minimum absolute atomic E-state index is 0.140. The summed E-state index contributed by atoms with van der Waals surface area (Å²) in [7, 11) is 0. The number of nitrogens with one attached hydrogen (secondary N) is 2. The number of aryl methyl sites for hydroxylation is 2. The minimum atomic E-state index is -0.441. The first-order valence-corrected chi connectivity index (χ1v) is 11.1. The van der Waals surface area contributed by atoms with E-state index in [4.69, 9.17) is 14.5 Å². The second kappa shape index (κ2) is 10.4. The van der Waals surface area contributed by atoms with Crippen LogP contribution in [0.25, 0.3) is 21.8 Å². The van der Waals surface area contributed by atoms with Crippen molar-refractivity contribution in [1.82, 2.24) is 9.97 Å². The molecule has 4 aromatic rings. The zero-order chi connectivity index (χ0) is 23.2. The van der Waals surface area contributed by atoms with Gasteiger partial charge in [0.1, 0.15) is 0 Å². The number of unbranched alkanes of at least 4 members (excludes halogenated alkanes) is 1. The molecule has 7 nitrogen and oxygen atoms in total. The van der Waals surface area contributed by atoms with Crippen LogP contribution in [0.5, 0.6) is 0 Å². The number of hydrogen-bond acceptors (Lipinski definition) is 5. The molecule has 0 fully saturated rings. The Labute approximate surface area is 192 Å². The first kappa shape index (κ1) is 22.6. The van der Waals surface area contributed by atoms with E-state index >= 15 is 0 Å². The van der Waals surface area contributed by atoms with E-state index in [1.807, 2.05) is 62.4 Å². The molecule has 2 aromatic heterocycles. The van der Waals surface area contributed by atoms with Gasteiger partial charge in [-0.15, -0.1) is 0 Å². The maximum atomic E-state index is 12.2. The number of aromatic amines is 2. The maximum absolute atomic E-state index is 12.2. The second-order valence-electron chi connectivity index (χ2n) is 8.11. The lowest BCUT2D eigenvalue weighted by Gasteiger charge is -2.06. The number of carbonyl (C=O) groups is 2. The summed E-state index contributed by atoms with van der Waals surface area (Å²) >= 11 is 0. The fourth-order valence-corrected chi connectivity index (χ4v) is 4.05. The average molecular weight is 449 g/mol. The van der Waals surface area contributed by atoms with Crippen LogP contribution in [0.1, 0.15) is 35.4 Å². The van der Waals surface area contributed by atoms with Gasteiger partial charge in [-0.05, 0) is 49.9 Å². The average Bonchev–Trinajstić information content (AvgIpc) is 3.29. The van der Waals surface area contributed by atoms with E-state index < -0.39 is 5.97 Å². The zero-order valence-corrected chi connectivity index (χ0v) is 18.9. The first-order chi connectivity index (χ1) is 16.0. The number of esters is 1. The molecule has 0 unspecified atom stereocenters. The summed E-state index contributed by atoms with van der Waals surface area (Å²) < 4.78 is 5.35. The highest BCUT2D eigenvalue weighted by atomic mass is 17.2. The van der Waals surface area contributed by atoms with E-state index in [0.29, 0.717) is 19.4 Å². The summed E-state index contributed by atoms with van der Waals surface area (Å²) in [6, 6.07) is 15.7. The number of H-pyrrole nitrogens is 2. The predicted octanol–water partition coefficient (Wildman–Crippen LogP) is 4.85. The van der Waals surface area contributed by atoms with Crippen LogP contribution < -0.4 is 0 Å². The van der Waals surface area contributed by atoms with Gasteiger partial charge in [-0.3, -0.25) is 9.68 Å². The molecule has 33 heavy (non-hydrogen) atoms. The molecule has 0 aliphatic rings. The third-order valence-corrected chi connectivity index (χ3v) is 5.73. The number of aromatic nitrogens is 2. The van der Waals surface area contributed by atoms with Crippen molar-refractivity contribution >= 4 is 33.7 Å². The van der Waals surface area contributed by atoms with Crippen molar-refractivity contribution in [2.45, 2.75) is 39.5 Å². The molecule has 0 aliphatic carbocycles. The standard InChI is InChI=1S/C26H28N2O5/c1-17-21(19-9-3-5-11-23(19)27-17)15-25(29)31-13-7-8-14-32-33-26(30)16-22-18(2)28-24-12-6-4-10-20(22)24/h3-6,9-12,27-28H,7-8,13-16H2,1-2H3. The quantitative estimate of drug-likeness (QED) is 0.157. The van der Waals surface area contributed by atoms with E-state index in [0.717, 1.165) is 44.3 Å². The Morgan fingerprint density at radius 3 is 1.85 bits per heavy atom. The second-order valence-corrected chi connectivity index (χ2v) is 8.11. The Morgan fingerprint density at radius 1 is 0.727 bits per heavy atom. The molecule has 0 saturated heterocycles. The summed E-state index contributed by atoms with van der Waals surface area (Å²) in [5, 5.41) is 2.06. The molecular weight excluding hydrogens is 420 g/mol. The van der Waals surface area contributed by atoms with Crippen LogP contribution in [0.4, 0.5) is 0 Å². The molecule has 2 heterocycles. The van der Waals surface area contributed by atoms with Gasteiger partial charge in [0.25, 0.3) is 0 Å². The number of fused-ring (bicyclic) bond motifs is 2. The van der Waals surface area contributed by atoms with Gasteiger partial charge >= 0.3 is 11.9 Å². The molecule has 4 rings (SSSR count). The largest absolute Gasteiger partial charge is 0.465 e. The van der Waals surface area contributed by atoms with Gasteiger partial charge < -0.3 is 14.7 Å². The van der Waals surface area contributed by atoms with Gasteiger partial charge in [0.2, 0.25) is 0 Å². The fourth-order valence-electron chi connectivity index (χ4n) is 4.05. The molecule has 0 aliphatic heterocycles. The minimum Gasteiger partial charge on any atom is -0.465 e. The number of benzene rings is 2. The SMILES string of the molecule is Cc1[nH]c2ccccc2c1CC(=O)OCCCCOOC(=O)Cc1c(C)[nH]c2ccccc12. The molecule has 0 amide bonds. The summed E-state index contributed by atoms with van der Waals surface area (Å²) in [5.74, 6) is -0.701. The molecule has 7 heteroatoms. The van der Waals surface area contributed by atoms with Crippen LogP contribution in [-0.2, 0) is 36.9 Å². The Kier molecular flexibility index (Phi) is 7.10. The number of rotatable bonds is 10. The van der Waals surface area contributed by atoms with Crippen molar-refractivity contribution < 1.29 is 24.1 Å². The topological polar surface area (TPSA) is 93.4 Å². The van der Waals surface area contributed by atoms with Gasteiger partial charge in [0.05, 0.1) is 26.1 Å². The predicted molar refractivity (Wildman–Crippen MR) is 126 cm³/mol. The lowest BCUT2D eigenvalue weighted by molar-refractivity contribution is -0.272. The van der Waals surface area contributed by atoms with Crippen molar-refractivity contribution in [3.8, 4) is 0 Å². The number of hydrogen-bond donors (Lipinski definition) is 2. The van der Waals surface area contributed by atoms with Crippen LogP contribution in [0.2, 0.25) is 0 Å². The molecule has 0 radical (unpaired) electrons. The Morgan fingerprint density at radius 2 is 1.24 bits per heavy atom. The lowest BCUT2D eigenvalue weighted by Crippen LogP contribution is -2.11. The first-order valence-electron chi connectivity index (χ1n) is 11.1. The summed E-state index contributed by atoms with van der Waals surface area (Å²) in [6.45, 7) is 4.44. The van der Waals surface area contributed by atoms with Crippen molar-refractivity contribution in [3.63, 3.8) is 0 Å². The molecule has 0 spiro atoms. The molecule has 172 valence electrons. The third-order valence-electron chi connectivity index (χ3n) is 5.73. The van der Waals surface area contributed by atoms with Crippen LogP contribution in [0.15, 0.2) is 48.5 Å². The highest BCUT2D eigenvalue weighted by Crippen LogP contribution is 2.23. The molecule has 2 aromatic carbocycles. The fraction of sp³-hybridized carbons (Fsp3) is 0.308. The summed E-state index contributed by atoms with van der Waals surface area (Å²) in [6.07, 6.45) is 1.61. The highest BCUT2D eigenvalue weighted by molar-refractivity contribution is 5.89. The lowest BCUT2D eigenvalue weighted by atomic mass is 10.1. The van der Waals surface area contributed by atoms with Crippen molar-refractivity contribution in [2.75, 3.05) is 13.2 Å². The van der Waals surface area contributed by atoms with Gasteiger partial charge in [-0.1, -0.05) is 36.4 Å². The summed E-state index contributed by atoms with van der Waals surface area (Å²) in [5.41, 5.74) is 5.81. The Balaban J connectivity index is 1.12. The molecular formula is C26H28N2O5. The van der Waals surface area contributed by atoms with E-state index in [1.165, 1.54) is 0 Å². The number of ether oxygens (including phenoxy) is 1. The molecule has 0 bridgehead atoms. The van der Waals surface area contributed by atoms with Gasteiger partial charge in [0, 0.05) is 33.2 Å². The van der Waals surface area contributed by atoms with Crippen molar-refractivity contribution in [2.24, 2.45) is 0 Å². The maximum Gasteiger partial charge on any atom is 0.346 e. The number of para-hydroxylation sites is 2. The monoisotopic (exact) mass is 448 g/mol.